The molecule has 0 unspecified atom stereocenters. The smallest absolute Gasteiger partial charge is 0.161 e. The normalized spacial score (nSPS) is 10.2. The summed E-state index contributed by atoms with van der Waals surface area (Å²) in [5, 5.41) is 3.23. The van der Waals surface area contributed by atoms with Crippen molar-refractivity contribution in [3.8, 4) is 11.5 Å². The lowest BCUT2D eigenvalue weighted by Crippen LogP contribution is -2.15. The molecular weight excluding hydrogens is 270 g/mol. The first-order chi connectivity index (χ1) is 7.72. The number of ether oxygens (including phenoxy) is 2. The molecule has 0 spiro atoms. The van der Waals surface area contributed by atoms with Crippen LogP contribution in [0.4, 0.5) is 0 Å². The molecule has 0 aliphatic heterocycles. The lowest BCUT2D eigenvalue weighted by atomic mass is 10.0. The Morgan fingerprint density at radius 3 is 2.38 bits per heavy atom. The van der Waals surface area contributed by atoms with E-state index in [1.807, 2.05) is 12.1 Å². The number of hydrogen-bond donors (Lipinski definition) is 1. The van der Waals surface area contributed by atoms with E-state index in [1.165, 1.54) is 11.1 Å². The number of nitrogens with one attached hydrogen (secondary N) is 1. The van der Waals surface area contributed by atoms with E-state index in [0.717, 1.165) is 29.9 Å². The first-order valence-electron chi connectivity index (χ1n) is 5.21. The molecule has 1 aromatic rings. The third-order valence-corrected chi connectivity index (χ3v) is 2.90. The SMILES string of the molecule is COc1cc(C)c(CCNCBr)cc1OC. The van der Waals surface area contributed by atoms with Crippen LogP contribution in [0.15, 0.2) is 12.1 Å². The second kappa shape index (κ2) is 6.76. The molecule has 16 heavy (non-hydrogen) atoms. The molecule has 1 rings (SSSR count). The van der Waals surface area contributed by atoms with Gasteiger partial charge in [0.25, 0.3) is 0 Å². The topological polar surface area (TPSA) is 30.5 Å². The maximum Gasteiger partial charge on any atom is 0.161 e. The summed E-state index contributed by atoms with van der Waals surface area (Å²) in [7, 11) is 3.32. The van der Waals surface area contributed by atoms with Crippen molar-refractivity contribution in [2.45, 2.75) is 13.3 Å². The summed E-state index contributed by atoms with van der Waals surface area (Å²) >= 11 is 3.34. The summed E-state index contributed by atoms with van der Waals surface area (Å²) in [6.07, 6.45) is 0.984. The van der Waals surface area contributed by atoms with Gasteiger partial charge in [-0.25, -0.2) is 0 Å². The maximum absolute atomic E-state index is 5.28. The van der Waals surface area contributed by atoms with Crippen LogP contribution in [0.25, 0.3) is 0 Å². The van der Waals surface area contributed by atoms with Gasteiger partial charge in [0, 0.05) is 0 Å². The van der Waals surface area contributed by atoms with E-state index in [2.05, 4.69) is 28.2 Å². The van der Waals surface area contributed by atoms with Gasteiger partial charge in [-0.05, 0) is 43.1 Å². The molecule has 0 saturated carbocycles. The molecule has 0 amide bonds. The van der Waals surface area contributed by atoms with Crippen molar-refractivity contribution < 1.29 is 9.47 Å². The van der Waals surface area contributed by atoms with Crippen LogP contribution in [-0.2, 0) is 6.42 Å². The Morgan fingerprint density at radius 2 is 1.81 bits per heavy atom. The van der Waals surface area contributed by atoms with Crippen LogP contribution in [0.5, 0.6) is 11.5 Å². The molecule has 1 aromatic carbocycles. The molecular formula is C12H18BrNO2. The Bertz CT molecular complexity index is 342. The molecule has 0 atom stereocenters. The van der Waals surface area contributed by atoms with Crippen molar-refractivity contribution in [3.05, 3.63) is 23.3 Å². The zero-order valence-corrected chi connectivity index (χ0v) is 11.6. The van der Waals surface area contributed by atoms with Crippen LogP contribution < -0.4 is 14.8 Å². The van der Waals surface area contributed by atoms with E-state index in [1.54, 1.807) is 14.2 Å². The Labute approximate surface area is 105 Å². The van der Waals surface area contributed by atoms with Crippen LogP contribution in [0.3, 0.4) is 0 Å². The minimum Gasteiger partial charge on any atom is -0.493 e. The fraction of sp³-hybridized carbons (Fsp3) is 0.500. The second-order valence-corrected chi connectivity index (χ2v) is 4.08. The highest BCUT2D eigenvalue weighted by Gasteiger charge is 2.07. The first kappa shape index (κ1) is 13.3. The predicted molar refractivity (Wildman–Crippen MR) is 69.8 cm³/mol. The summed E-state index contributed by atoms with van der Waals surface area (Å²) in [4.78, 5) is 0. The molecule has 0 bridgehead atoms. The van der Waals surface area contributed by atoms with Crippen molar-refractivity contribution in [1.82, 2.24) is 5.32 Å². The molecule has 0 heterocycles. The van der Waals surface area contributed by atoms with E-state index in [0.29, 0.717) is 0 Å². The Morgan fingerprint density at radius 1 is 1.19 bits per heavy atom. The van der Waals surface area contributed by atoms with Crippen molar-refractivity contribution in [3.63, 3.8) is 0 Å². The maximum atomic E-state index is 5.28. The van der Waals surface area contributed by atoms with Crippen molar-refractivity contribution in [1.29, 1.82) is 0 Å². The zero-order valence-electron chi connectivity index (χ0n) is 9.97. The average molecular weight is 288 g/mol. The molecule has 0 aliphatic carbocycles. The number of methoxy groups -OCH3 is 2. The monoisotopic (exact) mass is 287 g/mol. The van der Waals surface area contributed by atoms with Gasteiger partial charge in [0.05, 0.1) is 19.7 Å². The molecule has 0 aromatic heterocycles. The lowest BCUT2D eigenvalue weighted by Gasteiger charge is -2.12. The van der Waals surface area contributed by atoms with Crippen LogP contribution in [0.2, 0.25) is 0 Å². The fourth-order valence-corrected chi connectivity index (χ4v) is 1.86. The van der Waals surface area contributed by atoms with E-state index in [-0.39, 0.29) is 0 Å². The molecule has 4 heteroatoms. The van der Waals surface area contributed by atoms with Gasteiger partial charge in [0.15, 0.2) is 11.5 Å². The van der Waals surface area contributed by atoms with Gasteiger partial charge in [-0.1, -0.05) is 15.9 Å². The summed E-state index contributed by atoms with van der Waals surface area (Å²) in [6.45, 7) is 3.03. The molecule has 0 aliphatic rings. The molecule has 0 fully saturated rings. The molecule has 1 N–H and O–H groups in total. The van der Waals surface area contributed by atoms with Gasteiger partial charge in [-0.15, -0.1) is 0 Å². The minimum absolute atomic E-state index is 0.789. The summed E-state index contributed by atoms with van der Waals surface area (Å²) in [6, 6.07) is 4.06. The zero-order chi connectivity index (χ0) is 12.0. The molecule has 3 nitrogen and oxygen atoms in total. The second-order valence-electron chi connectivity index (χ2n) is 3.52. The standard InChI is InChI=1S/C12H18BrNO2/c1-9-6-11(15-2)12(16-3)7-10(9)4-5-14-8-13/h6-7,14H,4-5,8H2,1-3H3. The van der Waals surface area contributed by atoms with Gasteiger partial charge >= 0.3 is 0 Å². The largest absolute Gasteiger partial charge is 0.493 e. The average Bonchev–Trinajstić information content (AvgIpc) is 2.31. The van der Waals surface area contributed by atoms with Crippen molar-refractivity contribution >= 4 is 15.9 Å². The Balaban J connectivity index is 2.84. The van der Waals surface area contributed by atoms with E-state index < -0.39 is 0 Å². The number of halogens is 1. The first-order valence-corrected chi connectivity index (χ1v) is 6.33. The van der Waals surface area contributed by atoms with E-state index >= 15 is 0 Å². The Hall–Kier alpha value is -0.740. The third kappa shape index (κ3) is 3.39. The quantitative estimate of drug-likeness (QED) is 0.495. The van der Waals surface area contributed by atoms with Crippen LogP contribution in [-0.4, -0.2) is 26.2 Å². The van der Waals surface area contributed by atoms with Crippen LogP contribution in [0.1, 0.15) is 11.1 Å². The number of aryl methyl sites for hydroxylation is 1. The minimum atomic E-state index is 0.789. The van der Waals surface area contributed by atoms with Gasteiger partial charge in [0.2, 0.25) is 0 Å². The highest BCUT2D eigenvalue weighted by molar-refractivity contribution is 9.09. The molecule has 90 valence electrons. The van der Waals surface area contributed by atoms with Gasteiger partial charge in [0.1, 0.15) is 0 Å². The van der Waals surface area contributed by atoms with E-state index in [4.69, 9.17) is 9.47 Å². The van der Waals surface area contributed by atoms with Gasteiger partial charge in [-0.2, -0.15) is 0 Å². The van der Waals surface area contributed by atoms with Crippen LogP contribution >= 0.6 is 15.9 Å². The van der Waals surface area contributed by atoms with Gasteiger partial charge < -0.3 is 14.8 Å². The third-order valence-electron chi connectivity index (χ3n) is 2.51. The van der Waals surface area contributed by atoms with E-state index in [9.17, 15) is 0 Å². The van der Waals surface area contributed by atoms with Crippen LogP contribution in [0, 0.1) is 6.92 Å². The molecule has 0 saturated heterocycles. The van der Waals surface area contributed by atoms with Crippen molar-refractivity contribution in [2.75, 3.05) is 26.2 Å². The number of rotatable bonds is 6. The summed E-state index contributed by atoms with van der Waals surface area (Å²) in [5.41, 5.74) is 3.33. The highest BCUT2D eigenvalue weighted by Crippen LogP contribution is 2.30. The van der Waals surface area contributed by atoms with Gasteiger partial charge in [-0.3, -0.25) is 0 Å². The summed E-state index contributed by atoms with van der Waals surface area (Å²) in [5.74, 6) is 1.58. The highest BCUT2D eigenvalue weighted by atomic mass is 79.9. The number of alkyl halides is 1. The lowest BCUT2D eigenvalue weighted by molar-refractivity contribution is 0.354. The predicted octanol–water partition coefficient (Wildman–Crippen LogP) is 2.50. The van der Waals surface area contributed by atoms with Crippen molar-refractivity contribution in [2.24, 2.45) is 0 Å². The summed E-state index contributed by atoms with van der Waals surface area (Å²) < 4.78 is 10.5. The number of benzene rings is 1. The fourth-order valence-electron chi connectivity index (χ4n) is 1.58. The molecule has 0 radical (unpaired) electrons. The Kier molecular flexibility index (Phi) is 5.63. The number of hydrogen-bond acceptors (Lipinski definition) is 3.